The highest BCUT2D eigenvalue weighted by Crippen LogP contribution is 2.17. The van der Waals surface area contributed by atoms with Crippen molar-refractivity contribution in [3.8, 4) is 0 Å². The lowest BCUT2D eigenvalue weighted by molar-refractivity contribution is 0.0933. The van der Waals surface area contributed by atoms with Crippen LogP contribution in [0.2, 0.25) is 0 Å². The van der Waals surface area contributed by atoms with E-state index in [1.165, 1.54) is 12.8 Å². The zero-order valence-corrected chi connectivity index (χ0v) is 11.9. The molecule has 1 fully saturated rings. The van der Waals surface area contributed by atoms with E-state index >= 15 is 0 Å². The zero-order valence-electron chi connectivity index (χ0n) is 11.9. The van der Waals surface area contributed by atoms with E-state index in [4.69, 9.17) is 0 Å². The van der Waals surface area contributed by atoms with Gasteiger partial charge in [-0.25, -0.2) is 0 Å². The van der Waals surface area contributed by atoms with E-state index in [1.807, 2.05) is 30.5 Å². The fraction of sp³-hybridized carbons (Fsp3) is 0.438. The number of nitrogens with zero attached hydrogens (tertiary/aromatic N) is 1. The van der Waals surface area contributed by atoms with Crippen LogP contribution in [0.1, 0.15) is 30.1 Å². The van der Waals surface area contributed by atoms with Gasteiger partial charge in [-0.3, -0.25) is 4.79 Å². The van der Waals surface area contributed by atoms with Crippen molar-refractivity contribution in [1.29, 1.82) is 0 Å². The summed E-state index contributed by atoms with van der Waals surface area (Å²) in [6, 6.07) is 7.91. The van der Waals surface area contributed by atoms with Gasteiger partial charge in [0.2, 0.25) is 0 Å². The summed E-state index contributed by atoms with van der Waals surface area (Å²) >= 11 is 0. The first-order valence-electron chi connectivity index (χ1n) is 7.33. The van der Waals surface area contributed by atoms with Crippen LogP contribution in [0.3, 0.4) is 0 Å². The average molecular weight is 271 g/mol. The Hall–Kier alpha value is -1.81. The van der Waals surface area contributed by atoms with E-state index in [9.17, 15) is 4.79 Å². The topological polar surface area (TPSA) is 48.1 Å². The number of aromatic amines is 1. The smallest absolute Gasteiger partial charge is 0.252 e. The van der Waals surface area contributed by atoms with Gasteiger partial charge in [0.05, 0.1) is 0 Å². The Kier molecular flexibility index (Phi) is 3.74. The number of fused-ring (bicyclic) bond motifs is 1. The third-order valence-electron chi connectivity index (χ3n) is 3.95. The van der Waals surface area contributed by atoms with E-state index < -0.39 is 0 Å². The Bertz CT molecular complexity index is 599. The molecule has 0 bridgehead atoms. The fourth-order valence-corrected chi connectivity index (χ4v) is 2.98. The summed E-state index contributed by atoms with van der Waals surface area (Å²) in [5, 5.41) is 4.10. The number of amides is 1. The molecule has 1 aliphatic rings. The molecule has 2 aromatic rings. The zero-order chi connectivity index (χ0) is 13.9. The van der Waals surface area contributed by atoms with Crippen LogP contribution in [0.25, 0.3) is 10.9 Å². The highest BCUT2D eigenvalue weighted by atomic mass is 16.1. The Morgan fingerprint density at radius 3 is 2.95 bits per heavy atom. The summed E-state index contributed by atoms with van der Waals surface area (Å²) in [7, 11) is 0. The molecule has 1 saturated heterocycles. The maximum absolute atomic E-state index is 12.4. The van der Waals surface area contributed by atoms with Gasteiger partial charge in [0.15, 0.2) is 0 Å². The summed E-state index contributed by atoms with van der Waals surface area (Å²) in [4.78, 5) is 18.0. The maximum atomic E-state index is 12.4. The van der Waals surface area contributed by atoms with Crippen LogP contribution < -0.4 is 5.32 Å². The number of rotatable bonds is 4. The van der Waals surface area contributed by atoms with Crippen LogP contribution in [-0.2, 0) is 0 Å². The normalized spacial score (nSPS) is 17.4. The minimum atomic E-state index is 0.0156. The molecular weight excluding hydrogens is 250 g/mol. The van der Waals surface area contributed by atoms with Crippen molar-refractivity contribution in [2.24, 2.45) is 0 Å². The number of likely N-dealkylation sites (tertiary alicyclic amines) is 1. The van der Waals surface area contributed by atoms with Crippen molar-refractivity contribution in [3.63, 3.8) is 0 Å². The Morgan fingerprint density at radius 2 is 2.15 bits per heavy atom. The minimum Gasteiger partial charge on any atom is -0.361 e. The van der Waals surface area contributed by atoms with Gasteiger partial charge in [0.1, 0.15) is 0 Å². The van der Waals surface area contributed by atoms with Gasteiger partial charge in [-0.15, -0.1) is 0 Å². The lowest BCUT2D eigenvalue weighted by atomic mass is 10.1. The second kappa shape index (κ2) is 5.67. The SMILES string of the molecule is CC(CN1CCCC1)NC(=O)c1cccc2[nH]ccc12. The molecule has 2 heterocycles. The van der Waals surface area contributed by atoms with Crippen LogP contribution in [-0.4, -0.2) is 41.5 Å². The quantitative estimate of drug-likeness (QED) is 0.897. The number of carbonyl (C=O) groups excluding carboxylic acids is 1. The van der Waals surface area contributed by atoms with Gasteiger partial charge in [0.25, 0.3) is 5.91 Å². The standard InChI is InChI=1S/C16H21N3O/c1-12(11-19-9-2-3-10-19)18-16(20)14-5-4-6-15-13(14)7-8-17-15/h4-8,12,17H,2-3,9-11H2,1H3,(H,18,20). The van der Waals surface area contributed by atoms with Crippen molar-refractivity contribution >= 4 is 16.8 Å². The number of nitrogens with one attached hydrogen (secondary N) is 2. The third kappa shape index (κ3) is 2.70. The van der Waals surface area contributed by atoms with Crippen LogP contribution in [0.15, 0.2) is 30.5 Å². The predicted molar refractivity (Wildman–Crippen MR) is 80.9 cm³/mol. The van der Waals surface area contributed by atoms with Crippen molar-refractivity contribution in [1.82, 2.24) is 15.2 Å². The molecule has 1 amide bonds. The van der Waals surface area contributed by atoms with Gasteiger partial charge < -0.3 is 15.2 Å². The monoisotopic (exact) mass is 271 g/mol. The Morgan fingerprint density at radius 1 is 1.35 bits per heavy atom. The molecule has 0 radical (unpaired) electrons. The van der Waals surface area contributed by atoms with Crippen LogP contribution in [0, 0.1) is 0 Å². The molecular formula is C16H21N3O. The molecule has 20 heavy (non-hydrogen) atoms. The Balaban J connectivity index is 1.67. The molecule has 1 atom stereocenters. The van der Waals surface area contributed by atoms with Gasteiger partial charge in [0, 0.05) is 35.2 Å². The number of hydrogen-bond donors (Lipinski definition) is 2. The summed E-state index contributed by atoms with van der Waals surface area (Å²) in [5.41, 5.74) is 1.75. The molecule has 0 saturated carbocycles. The summed E-state index contributed by atoms with van der Waals surface area (Å²) < 4.78 is 0. The molecule has 0 aliphatic carbocycles. The first kappa shape index (κ1) is 13.2. The number of aromatic nitrogens is 1. The second-order valence-electron chi connectivity index (χ2n) is 5.63. The number of benzene rings is 1. The molecule has 4 heteroatoms. The van der Waals surface area contributed by atoms with E-state index in [2.05, 4.69) is 22.1 Å². The molecule has 3 rings (SSSR count). The average Bonchev–Trinajstić information content (AvgIpc) is 3.08. The van der Waals surface area contributed by atoms with E-state index in [-0.39, 0.29) is 11.9 Å². The van der Waals surface area contributed by atoms with Crippen molar-refractivity contribution in [2.75, 3.05) is 19.6 Å². The van der Waals surface area contributed by atoms with Crippen LogP contribution in [0.4, 0.5) is 0 Å². The minimum absolute atomic E-state index is 0.0156. The highest BCUT2D eigenvalue weighted by molar-refractivity contribution is 6.06. The van der Waals surface area contributed by atoms with Crippen LogP contribution >= 0.6 is 0 Å². The van der Waals surface area contributed by atoms with Gasteiger partial charge in [-0.1, -0.05) is 6.07 Å². The second-order valence-corrected chi connectivity index (χ2v) is 5.63. The van der Waals surface area contributed by atoms with Gasteiger partial charge >= 0.3 is 0 Å². The molecule has 1 aliphatic heterocycles. The lowest BCUT2D eigenvalue weighted by Gasteiger charge is -2.21. The van der Waals surface area contributed by atoms with Gasteiger partial charge in [-0.2, -0.15) is 0 Å². The van der Waals surface area contributed by atoms with Crippen LogP contribution in [0.5, 0.6) is 0 Å². The molecule has 2 N–H and O–H groups in total. The lowest BCUT2D eigenvalue weighted by Crippen LogP contribution is -2.41. The number of hydrogen-bond acceptors (Lipinski definition) is 2. The number of carbonyl (C=O) groups is 1. The fourth-order valence-electron chi connectivity index (χ4n) is 2.98. The summed E-state index contributed by atoms with van der Waals surface area (Å²) in [6.45, 7) is 5.34. The maximum Gasteiger partial charge on any atom is 0.252 e. The van der Waals surface area contributed by atoms with E-state index in [0.29, 0.717) is 0 Å². The third-order valence-corrected chi connectivity index (χ3v) is 3.95. The van der Waals surface area contributed by atoms with Crippen molar-refractivity contribution in [2.45, 2.75) is 25.8 Å². The predicted octanol–water partition coefficient (Wildman–Crippen LogP) is 2.38. The van der Waals surface area contributed by atoms with E-state index in [1.54, 1.807) is 0 Å². The first-order valence-corrected chi connectivity index (χ1v) is 7.33. The van der Waals surface area contributed by atoms with Crippen molar-refractivity contribution in [3.05, 3.63) is 36.0 Å². The molecule has 1 aromatic heterocycles. The summed E-state index contributed by atoms with van der Waals surface area (Å²) in [6.07, 6.45) is 4.43. The molecule has 106 valence electrons. The molecule has 1 aromatic carbocycles. The molecule has 0 spiro atoms. The van der Waals surface area contributed by atoms with Gasteiger partial charge in [-0.05, 0) is 51.1 Å². The molecule has 4 nitrogen and oxygen atoms in total. The number of H-pyrrole nitrogens is 1. The Labute approximate surface area is 119 Å². The highest BCUT2D eigenvalue weighted by Gasteiger charge is 2.17. The van der Waals surface area contributed by atoms with Crippen molar-refractivity contribution < 1.29 is 4.79 Å². The summed E-state index contributed by atoms with van der Waals surface area (Å²) in [5.74, 6) is 0.0156. The van der Waals surface area contributed by atoms with E-state index in [0.717, 1.165) is 36.1 Å². The molecule has 1 unspecified atom stereocenters. The largest absolute Gasteiger partial charge is 0.361 e. The first-order chi connectivity index (χ1) is 9.74.